The lowest BCUT2D eigenvalue weighted by Crippen LogP contribution is -2.21. The van der Waals surface area contributed by atoms with E-state index in [2.05, 4.69) is 29.1 Å². The van der Waals surface area contributed by atoms with Crippen molar-refractivity contribution >= 4 is 11.6 Å². The van der Waals surface area contributed by atoms with Crippen molar-refractivity contribution in [1.82, 2.24) is 15.3 Å². The molecule has 1 aromatic heterocycles. The average molecular weight is 292 g/mol. The highest BCUT2D eigenvalue weighted by Crippen LogP contribution is 2.28. The Bertz CT molecular complexity index is 570. The number of hydrogen-bond acceptors (Lipinski definition) is 4. The van der Waals surface area contributed by atoms with E-state index in [0.29, 0.717) is 22.8 Å². The van der Waals surface area contributed by atoms with E-state index in [1.807, 2.05) is 25.1 Å². The summed E-state index contributed by atoms with van der Waals surface area (Å²) in [5, 5.41) is 3.86. The molecule has 106 valence electrons. The summed E-state index contributed by atoms with van der Waals surface area (Å²) in [4.78, 5) is 8.37. The molecule has 1 N–H and O–H groups in total. The fraction of sp³-hybridized carbons (Fsp3) is 0.333. The van der Waals surface area contributed by atoms with Crippen molar-refractivity contribution in [3.05, 3.63) is 46.7 Å². The molecule has 20 heavy (non-hydrogen) atoms. The molecule has 5 heteroatoms. The van der Waals surface area contributed by atoms with Gasteiger partial charge in [-0.25, -0.2) is 9.97 Å². The third kappa shape index (κ3) is 4.18. The second-order valence-electron chi connectivity index (χ2n) is 4.95. The van der Waals surface area contributed by atoms with Gasteiger partial charge in [-0.3, -0.25) is 0 Å². The first-order valence-corrected chi connectivity index (χ1v) is 6.90. The van der Waals surface area contributed by atoms with E-state index >= 15 is 0 Å². The van der Waals surface area contributed by atoms with Crippen LogP contribution in [0.4, 0.5) is 0 Å². The van der Waals surface area contributed by atoms with Crippen LogP contribution in [0.2, 0.25) is 5.02 Å². The molecule has 4 nitrogen and oxygen atoms in total. The number of rotatable bonds is 5. The van der Waals surface area contributed by atoms with Crippen LogP contribution in [0.15, 0.2) is 30.6 Å². The lowest BCUT2D eigenvalue weighted by molar-refractivity contribution is 0.440. The van der Waals surface area contributed by atoms with Crippen LogP contribution >= 0.6 is 11.6 Å². The molecule has 2 aromatic rings. The highest BCUT2D eigenvalue weighted by atomic mass is 35.5. The minimum atomic E-state index is 0.295. The van der Waals surface area contributed by atoms with E-state index in [4.69, 9.17) is 16.3 Å². The lowest BCUT2D eigenvalue weighted by atomic mass is 10.2. The minimum Gasteiger partial charge on any atom is -0.423 e. The molecule has 0 radical (unpaired) electrons. The molecule has 0 bridgehead atoms. The largest absolute Gasteiger partial charge is 0.423 e. The second-order valence-corrected chi connectivity index (χ2v) is 5.35. The van der Waals surface area contributed by atoms with Gasteiger partial charge in [-0.2, -0.15) is 0 Å². The Labute approximate surface area is 124 Å². The molecule has 0 fully saturated rings. The number of hydrogen-bond donors (Lipinski definition) is 1. The van der Waals surface area contributed by atoms with Crippen molar-refractivity contribution in [2.24, 2.45) is 0 Å². The summed E-state index contributed by atoms with van der Waals surface area (Å²) < 4.78 is 5.57. The van der Waals surface area contributed by atoms with Gasteiger partial charge in [0, 0.05) is 30.5 Å². The van der Waals surface area contributed by atoms with Gasteiger partial charge in [-0.15, -0.1) is 0 Å². The maximum Gasteiger partial charge on any atom is 0.321 e. The van der Waals surface area contributed by atoms with Gasteiger partial charge in [0.05, 0.1) is 5.02 Å². The molecule has 1 heterocycles. The Hall–Kier alpha value is -1.65. The minimum absolute atomic E-state index is 0.295. The molecule has 0 saturated heterocycles. The van der Waals surface area contributed by atoms with Crippen LogP contribution in [-0.4, -0.2) is 16.0 Å². The number of benzene rings is 1. The van der Waals surface area contributed by atoms with Gasteiger partial charge in [-0.05, 0) is 24.6 Å². The van der Waals surface area contributed by atoms with Gasteiger partial charge in [0.25, 0.3) is 0 Å². The van der Waals surface area contributed by atoms with Crippen LogP contribution in [0.1, 0.15) is 25.0 Å². The maximum atomic E-state index is 6.10. The molecule has 0 atom stereocenters. The molecular weight excluding hydrogens is 274 g/mol. The molecule has 0 spiro atoms. The van der Waals surface area contributed by atoms with Gasteiger partial charge in [-0.1, -0.05) is 31.5 Å². The lowest BCUT2D eigenvalue weighted by Gasteiger charge is -2.09. The van der Waals surface area contributed by atoms with Gasteiger partial charge >= 0.3 is 6.01 Å². The molecule has 0 aliphatic rings. The summed E-state index contributed by atoms with van der Waals surface area (Å²) in [6.07, 6.45) is 3.50. The van der Waals surface area contributed by atoms with Crippen LogP contribution in [0.3, 0.4) is 0 Å². The predicted octanol–water partition coefficient (Wildman–Crippen LogP) is 3.73. The normalized spacial score (nSPS) is 10.8. The standard InChI is InChI=1S/C15H18ClN3O/c1-10(2)17-7-12-8-18-15(19-9-12)20-14-5-4-11(3)6-13(14)16/h4-6,8-10,17H,7H2,1-3H3. The molecule has 0 unspecified atom stereocenters. The van der Waals surface area contributed by atoms with Crippen LogP contribution in [0.25, 0.3) is 0 Å². The monoisotopic (exact) mass is 291 g/mol. The van der Waals surface area contributed by atoms with Crippen molar-refractivity contribution in [2.75, 3.05) is 0 Å². The van der Waals surface area contributed by atoms with Gasteiger partial charge in [0.2, 0.25) is 0 Å². The Balaban J connectivity index is 2.03. The first-order chi connectivity index (χ1) is 9.54. The van der Waals surface area contributed by atoms with Gasteiger partial charge in [0.1, 0.15) is 5.75 Å². The molecule has 0 aliphatic heterocycles. The number of ether oxygens (including phenoxy) is 1. The van der Waals surface area contributed by atoms with Crippen LogP contribution < -0.4 is 10.1 Å². The molecule has 2 rings (SSSR count). The number of nitrogens with one attached hydrogen (secondary N) is 1. The summed E-state index contributed by atoms with van der Waals surface area (Å²) in [6, 6.07) is 6.32. The number of nitrogens with zero attached hydrogens (tertiary/aromatic N) is 2. The van der Waals surface area contributed by atoms with Crippen LogP contribution in [-0.2, 0) is 6.54 Å². The third-order valence-corrected chi connectivity index (χ3v) is 2.98. The van der Waals surface area contributed by atoms with E-state index in [1.54, 1.807) is 12.4 Å². The molecule has 0 amide bonds. The van der Waals surface area contributed by atoms with E-state index in [0.717, 1.165) is 17.7 Å². The first kappa shape index (κ1) is 14.8. The number of aromatic nitrogens is 2. The zero-order valence-electron chi connectivity index (χ0n) is 11.9. The van der Waals surface area contributed by atoms with Crippen molar-refractivity contribution in [3.8, 4) is 11.8 Å². The summed E-state index contributed by atoms with van der Waals surface area (Å²) in [6.45, 7) is 6.90. The Morgan fingerprint density at radius 3 is 2.55 bits per heavy atom. The highest BCUT2D eigenvalue weighted by molar-refractivity contribution is 6.32. The second kappa shape index (κ2) is 6.68. The van der Waals surface area contributed by atoms with Crippen molar-refractivity contribution in [2.45, 2.75) is 33.4 Å². The summed E-state index contributed by atoms with van der Waals surface area (Å²) >= 11 is 6.10. The van der Waals surface area contributed by atoms with E-state index in [-0.39, 0.29) is 0 Å². The van der Waals surface area contributed by atoms with Crippen molar-refractivity contribution < 1.29 is 4.74 Å². The molecule has 0 aliphatic carbocycles. The van der Waals surface area contributed by atoms with Crippen LogP contribution in [0, 0.1) is 6.92 Å². The highest BCUT2D eigenvalue weighted by Gasteiger charge is 2.05. The van der Waals surface area contributed by atoms with Crippen LogP contribution in [0.5, 0.6) is 11.8 Å². The summed E-state index contributed by atoms with van der Waals surface area (Å²) in [5.41, 5.74) is 2.10. The topological polar surface area (TPSA) is 47.0 Å². The quantitative estimate of drug-likeness (QED) is 0.912. The van der Waals surface area contributed by atoms with Crippen molar-refractivity contribution in [3.63, 3.8) is 0 Å². The fourth-order valence-electron chi connectivity index (χ4n) is 1.60. The van der Waals surface area contributed by atoms with E-state index < -0.39 is 0 Å². The fourth-order valence-corrected chi connectivity index (χ4v) is 1.87. The number of aryl methyl sites for hydroxylation is 1. The summed E-state index contributed by atoms with van der Waals surface area (Å²) in [7, 11) is 0. The molecular formula is C15H18ClN3O. The van der Waals surface area contributed by atoms with E-state index in [1.165, 1.54) is 0 Å². The summed E-state index contributed by atoms with van der Waals surface area (Å²) in [5.74, 6) is 0.560. The smallest absolute Gasteiger partial charge is 0.321 e. The zero-order chi connectivity index (χ0) is 14.5. The zero-order valence-corrected chi connectivity index (χ0v) is 12.6. The Morgan fingerprint density at radius 1 is 1.25 bits per heavy atom. The SMILES string of the molecule is Cc1ccc(Oc2ncc(CNC(C)C)cn2)c(Cl)c1. The third-order valence-electron chi connectivity index (χ3n) is 2.68. The number of halogens is 1. The van der Waals surface area contributed by atoms with Gasteiger partial charge < -0.3 is 10.1 Å². The molecule has 0 saturated carbocycles. The predicted molar refractivity (Wildman–Crippen MR) is 80.3 cm³/mol. The Morgan fingerprint density at radius 2 is 1.95 bits per heavy atom. The van der Waals surface area contributed by atoms with E-state index in [9.17, 15) is 0 Å². The van der Waals surface area contributed by atoms with Crippen molar-refractivity contribution in [1.29, 1.82) is 0 Å². The average Bonchev–Trinajstić information content (AvgIpc) is 2.41. The first-order valence-electron chi connectivity index (χ1n) is 6.53. The van der Waals surface area contributed by atoms with Gasteiger partial charge in [0.15, 0.2) is 0 Å². The Kier molecular flexibility index (Phi) is 4.93. The molecule has 1 aromatic carbocycles. The maximum absolute atomic E-state index is 6.10.